The summed E-state index contributed by atoms with van der Waals surface area (Å²) < 4.78 is 22.3. The normalized spacial score (nSPS) is 14.7. The van der Waals surface area contributed by atoms with Crippen LogP contribution in [0.2, 0.25) is 0 Å². The van der Waals surface area contributed by atoms with Gasteiger partial charge >= 0.3 is 7.60 Å². The van der Waals surface area contributed by atoms with Gasteiger partial charge in [-0.15, -0.1) is 0 Å². The zero-order valence-electron chi connectivity index (χ0n) is 13.6. The van der Waals surface area contributed by atoms with Crippen LogP contribution in [0.25, 0.3) is 0 Å². The minimum atomic E-state index is -3.31. The zero-order chi connectivity index (χ0) is 15.8. The first-order chi connectivity index (χ1) is 9.30. The summed E-state index contributed by atoms with van der Waals surface area (Å²) in [5.74, 6) is 0.249. The Kier molecular flexibility index (Phi) is 9.28. The Morgan fingerprint density at radius 3 is 2.20 bits per heavy atom. The lowest BCUT2D eigenvalue weighted by Gasteiger charge is -2.23. The van der Waals surface area contributed by atoms with Crippen molar-refractivity contribution in [3.05, 3.63) is 11.6 Å². The van der Waals surface area contributed by atoms with Gasteiger partial charge in [0.05, 0.1) is 0 Å². The molecule has 0 aromatic heterocycles. The van der Waals surface area contributed by atoms with Crippen LogP contribution in [0.15, 0.2) is 11.6 Å². The van der Waals surface area contributed by atoms with Crippen LogP contribution in [0.4, 0.5) is 0 Å². The van der Waals surface area contributed by atoms with Crippen LogP contribution in [0.3, 0.4) is 0 Å². The quantitative estimate of drug-likeness (QED) is 0.437. The van der Waals surface area contributed by atoms with Crippen molar-refractivity contribution in [1.82, 2.24) is 0 Å². The Balaban J connectivity index is 4.56. The van der Waals surface area contributed by atoms with Gasteiger partial charge in [0.2, 0.25) is 0 Å². The van der Waals surface area contributed by atoms with Crippen LogP contribution in [0, 0.1) is 5.92 Å². The second-order valence-corrected chi connectivity index (χ2v) is 7.90. The molecule has 0 amide bonds. The number of allylic oxidation sites excluding steroid dienone is 2. The molecule has 0 saturated heterocycles. The minimum Gasteiger partial charge on any atom is -0.311 e. The molecule has 0 saturated carbocycles. The van der Waals surface area contributed by atoms with Gasteiger partial charge in [-0.2, -0.15) is 0 Å². The molecule has 2 atom stereocenters. The summed E-state index contributed by atoms with van der Waals surface area (Å²) in [4.78, 5) is 12.3. The molecular formula is C15H29O4P. The highest BCUT2D eigenvalue weighted by Crippen LogP contribution is 2.53. The standard InChI is InChI=1S/C15H29O4P/c1-7-15(20(17,18-5)19-6)14(16)11-13(4)10-8-9-12(2)3/h9,13,15H,7-8,10-11H2,1-6H3/t13-,15?/m1/s1. The summed E-state index contributed by atoms with van der Waals surface area (Å²) in [6, 6.07) is 0. The van der Waals surface area contributed by atoms with Gasteiger partial charge in [0.25, 0.3) is 0 Å². The van der Waals surface area contributed by atoms with E-state index in [0.717, 1.165) is 12.8 Å². The van der Waals surface area contributed by atoms with Crippen molar-refractivity contribution in [3.8, 4) is 0 Å². The summed E-state index contributed by atoms with van der Waals surface area (Å²) >= 11 is 0. The second kappa shape index (κ2) is 9.49. The Labute approximate surface area is 123 Å². The number of carbonyl (C=O) groups excluding carboxylic acids is 1. The summed E-state index contributed by atoms with van der Waals surface area (Å²) in [6.45, 7) is 8.02. The van der Waals surface area contributed by atoms with Crippen LogP contribution < -0.4 is 0 Å². The molecule has 1 unspecified atom stereocenters. The number of hydrogen-bond donors (Lipinski definition) is 0. The van der Waals surface area contributed by atoms with Gasteiger partial charge in [-0.05, 0) is 39.0 Å². The Bertz CT molecular complexity index is 364. The van der Waals surface area contributed by atoms with Gasteiger partial charge < -0.3 is 9.05 Å². The van der Waals surface area contributed by atoms with E-state index in [1.165, 1.54) is 19.8 Å². The van der Waals surface area contributed by atoms with Crippen molar-refractivity contribution in [2.75, 3.05) is 14.2 Å². The Morgan fingerprint density at radius 2 is 1.80 bits per heavy atom. The molecule has 0 aliphatic rings. The van der Waals surface area contributed by atoms with Crippen LogP contribution in [-0.4, -0.2) is 25.7 Å². The van der Waals surface area contributed by atoms with Crippen molar-refractivity contribution in [2.24, 2.45) is 5.92 Å². The van der Waals surface area contributed by atoms with E-state index >= 15 is 0 Å². The maximum absolute atomic E-state index is 12.3. The molecule has 0 N–H and O–H groups in total. The first kappa shape index (κ1) is 19.6. The summed E-state index contributed by atoms with van der Waals surface area (Å²) in [5.41, 5.74) is 0.640. The average molecular weight is 304 g/mol. The average Bonchev–Trinajstić information content (AvgIpc) is 2.38. The highest BCUT2D eigenvalue weighted by Gasteiger charge is 2.38. The smallest absolute Gasteiger partial charge is 0.311 e. The third kappa shape index (κ3) is 6.34. The van der Waals surface area contributed by atoms with Gasteiger partial charge in [0, 0.05) is 20.6 Å². The van der Waals surface area contributed by atoms with E-state index in [2.05, 4.69) is 19.9 Å². The second-order valence-electron chi connectivity index (χ2n) is 5.46. The number of carbonyl (C=O) groups is 1. The fraction of sp³-hybridized carbons (Fsp3) is 0.800. The molecule has 0 fully saturated rings. The van der Waals surface area contributed by atoms with Gasteiger partial charge in [-0.3, -0.25) is 9.36 Å². The van der Waals surface area contributed by atoms with Crippen molar-refractivity contribution >= 4 is 13.4 Å². The lowest BCUT2D eigenvalue weighted by atomic mass is 9.97. The van der Waals surface area contributed by atoms with Gasteiger partial charge in [0.1, 0.15) is 11.4 Å². The van der Waals surface area contributed by atoms with E-state index in [-0.39, 0.29) is 11.7 Å². The van der Waals surface area contributed by atoms with E-state index in [0.29, 0.717) is 12.8 Å². The van der Waals surface area contributed by atoms with Crippen LogP contribution in [-0.2, 0) is 18.4 Å². The maximum atomic E-state index is 12.3. The predicted octanol–water partition coefficient (Wildman–Crippen LogP) is 4.59. The molecule has 0 aromatic carbocycles. The summed E-state index contributed by atoms with van der Waals surface area (Å²) in [5, 5.41) is 0. The third-order valence-corrected chi connectivity index (χ3v) is 5.85. The van der Waals surface area contributed by atoms with Crippen molar-refractivity contribution in [1.29, 1.82) is 0 Å². The number of rotatable bonds is 10. The number of Topliss-reactive ketones (excluding diaryl/α,β-unsaturated/α-hetero) is 1. The lowest BCUT2D eigenvalue weighted by molar-refractivity contribution is -0.119. The molecule has 0 heterocycles. The molecule has 0 spiro atoms. The van der Waals surface area contributed by atoms with Crippen molar-refractivity contribution < 1.29 is 18.4 Å². The molecule has 0 rings (SSSR count). The molecule has 118 valence electrons. The van der Waals surface area contributed by atoms with Gasteiger partial charge in [-0.1, -0.05) is 25.5 Å². The summed E-state index contributed by atoms with van der Waals surface area (Å²) in [6.07, 6.45) is 5.00. The molecule has 0 bridgehead atoms. The molecule has 20 heavy (non-hydrogen) atoms. The van der Waals surface area contributed by atoms with E-state index < -0.39 is 13.3 Å². The van der Waals surface area contributed by atoms with Gasteiger partial charge in [-0.25, -0.2) is 0 Å². The fourth-order valence-corrected chi connectivity index (χ4v) is 3.76. The zero-order valence-corrected chi connectivity index (χ0v) is 14.5. The van der Waals surface area contributed by atoms with E-state index in [9.17, 15) is 9.36 Å². The third-order valence-electron chi connectivity index (χ3n) is 3.41. The van der Waals surface area contributed by atoms with Crippen molar-refractivity contribution in [2.45, 2.75) is 59.0 Å². The molecular weight excluding hydrogens is 275 g/mol. The molecule has 0 aliphatic carbocycles. The van der Waals surface area contributed by atoms with Crippen LogP contribution in [0.1, 0.15) is 53.4 Å². The predicted molar refractivity (Wildman–Crippen MR) is 83.2 cm³/mol. The number of hydrogen-bond acceptors (Lipinski definition) is 4. The SMILES string of the molecule is CCC(C(=O)C[C@H](C)CCC=C(C)C)P(=O)(OC)OC. The highest BCUT2D eigenvalue weighted by atomic mass is 31.2. The fourth-order valence-electron chi connectivity index (χ4n) is 2.19. The number of ketones is 1. The van der Waals surface area contributed by atoms with Crippen LogP contribution in [0.5, 0.6) is 0 Å². The monoisotopic (exact) mass is 304 g/mol. The molecule has 5 heteroatoms. The van der Waals surface area contributed by atoms with E-state index in [1.807, 2.05) is 13.8 Å². The van der Waals surface area contributed by atoms with Gasteiger partial charge in [0.15, 0.2) is 0 Å². The summed E-state index contributed by atoms with van der Waals surface area (Å²) in [7, 11) is -0.643. The largest absolute Gasteiger partial charge is 0.340 e. The first-order valence-electron chi connectivity index (χ1n) is 7.17. The molecule has 0 aliphatic heterocycles. The lowest BCUT2D eigenvalue weighted by Crippen LogP contribution is -2.23. The topological polar surface area (TPSA) is 52.6 Å². The van der Waals surface area contributed by atoms with Crippen molar-refractivity contribution in [3.63, 3.8) is 0 Å². The Hall–Kier alpha value is -0.440. The Morgan fingerprint density at radius 1 is 1.25 bits per heavy atom. The minimum absolute atomic E-state index is 0.0239. The maximum Gasteiger partial charge on any atom is 0.340 e. The highest BCUT2D eigenvalue weighted by molar-refractivity contribution is 7.55. The molecule has 0 aromatic rings. The van der Waals surface area contributed by atoms with E-state index in [1.54, 1.807) is 0 Å². The molecule has 4 nitrogen and oxygen atoms in total. The van der Waals surface area contributed by atoms with Crippen LogP contribution >= 0.6 is 7.60 Å². The first-order valence-corrected chi connectivity index (χ1v) is 8.79. The molecule has 0 radical (unpaired) electrons. The van der Waals surface area contributed by atoms with E-state index in [4.69, 9.17) is 9.05 Å².